The molecule has 5 nitrogen and oxygen atoms in total. The van der Waals surface area contributed by atoms with Gasteiger partial charge in [0.15, 0.2) is 0 Å². The molecular formula is C14H23N3O2S. The first-order chi connectivity index (χ1) is 9.51. The normalized spacial score (nSPS) is 18.3. The number of hydrogen-bond acceptors (Lipinski definition) is 4. The summed E-state index contributed by atoms with van der Waals surface area (Å²) in [7, 11) is -1.33. The molecule has 0 aliphatic carbocycles. The molecular weight excluding hydrogens is 274 g/mol. The molecule has 1 aromatic carbocycles. The second-order valence-electron chi connectivity index (χ2n) is 5.45. The Kier molecular flexibility index (Phi) is 5.15. The van der Waals surface area contributed by atoms with E-state index in [1.54, 1.807) is 18.2 Å². The third-order valence-corrected chi connectivity index (χ3v) is 5.27. The van der Waals surface area contributed by atoms with Crippen LogP contribution in [-0.2, 0) is 16.6 Å². The number of hydrogen-bond donors (Lipinski definition) is 2. The van der Waals surface area contributed by atoms with Gasteiger partial charge in [0.25, 0.3) is 0 Å². The summed E-state index contributed by atoms with van der Waals surface area (Å²) in [4.78, 5) is 2.57. The molecule has 1 aliphatic heterocycles. The van der Waals surface area contributed by atoms with Gasteiger partial charge < -0.3 is 10.6 Å². The van der Waals surface area contributed by atoms with Crippen LogP contribution < -0.4 is 10.5 Å². The van der Waals surface area contributed by atoms with E-state index in [-0.39, 0.29) is 0 Å². The third-order valence-electron chi connectivity index (χ3n) is 3.84. The van der Waals surface area contributed by atoms with Gasteiger partial charge >= 0.3 is 0 Å². The topological polar surface area (TPSA) is 75.4 Å². The van der Waals surface area contributed by atoms with E-state index in [0.717, 1.165) is 31.5 Å². The van der Waals surface area contributed by atoms with Gasteiger partial charge in [0.05, 0.1) is 4.90 Å². The standard InChI is InChI=1S/C14H23N3O2S/c1-17-7-5-12(6-8-17)11-16-20(18,19)14-4-2-3-13(9-14)10-15/h2-4,9,12,16H,5-8,10-11,15H2,1H3. The maximum absolute atomic E-state index is 12.2. The zero-order valence-corrected chi connectivity index (χ0v) is 12.7. The number of piperidine rings is 1. The number of rotatable bonds is 5. The summed E-state index contributed by atoms with van der Waals surface area (Å²) in [5, 5.41) is 0. The molecule has 1 saturated heterocycles. The van der Waals surface area contributed by atoms with Gasteiger partial charge in [-0.05, 0) is 56.6 Å². The third kappa shape index (κ3) is 4.02. The fourth-order valence-corrected chi connectivity index (χ4v) is 3.60. The van der Waals surface area contributed by atoms with Crippen molar-refractivity contribution in [3.63, 3.8) is 0 Å². The molecule has 0 unspecified atom stereocenters. The zero-order chi connectivity index (χ0) is 14.6. The smallest absolute Gasteiger partial charge is 0.240 e. The SMILES string of the molecule is CN1CCC(CNS(=O)(=O)c2cccc(CN)c2)CC1. The van der Waals surface area contributed by atoms with Gasteiger partial charge in [-0.1, -0.05) is 12.1 Å². The quantitative estimate of drug-likeness (QED) is 0.841. The highest BCUT2D eigenvalue weighted by Gasteiger charge is 2.20. The molecule has 1 heterocycles. The molecule has 0 spiro atoms. The van der Waals surface area contributed by atoms with Crippen molar-refractivity contribution in [2.45, 2.75) is 24.3 Å². The maximum Gasteiger partial charge on any atom is 0.240 e. The molecule has 0 atom stereocenters. The van der Waals surface area contributed by atoms with Gasteiger partial charge in [-0.2, -0.15) is 0 Å². The molecule has 0 amide bonds. The monoisotopic (exact) mass is 297 g/mol. The van der Waals surface area contributed by atoms with E-state index in [4.69, 9.17) is 5.73 Å². The Labute approximate surface area is 121 Å². The van der Waals surface area contributed by atoms with Crippen molar-refractivity contribution in [1.82, 2.24) is 9.62 Å². The lowest BCUT2D eigenvalue weighted by Gasteiger charge is -2.28. The first-order valence-corrected chi connectivity index (χ1v) is 8.47. The summed E-state index contributed by atoms with van der Waals surface area (Å²) < 4.78 is 27.2. The highest BCUT2D eigenvalue weighted by atomic mass is 32.2. The van der Waals surface area contributed by atoms with Crippen molar-refractivity contribution in [1.29, 1.82) is 0 Å². The predicted molar refractivity (Wildman–Crippen MR) is 79.7 cm³/mol. The first kappa shape index (κ1) is 15.4. The minimum atomic E-state index is -3.42. The molecule has 0 aromatic heterocycles. The van der Waals surface area contributed by atoms with E-state index < -0.39 is 10.0 Å². The predicted octanol–water partition coefficient (Wildman–Crippen LogP) is 0.765. The van der Waals surface area contributed by atoms with Crippen LogP contribution >= 0.6 is 0 Å². The minimum absolute atomic E-state index is 0.299. The summed E-state index contributed by atoms with van der Waals surface area (Å²) in [6.45, 7) is 2.94. The fourth-order valence-electron chi connectivity index (χ4n) is 2.42. The minimum Gasteiger partial charge on any atom is -0.326 e. The van der Waals surface area contributed by atoms with Gasteiger partial charge in [-0.3, -0.25) is 0 Å². The van der Waals surface area contributed by atoms with Crippen LogP contribution in [0.3, 0.4) is 0 Å². The molecule has 0 radical (unpaired) electrons. The van der Waals surface area contributed by atoms with Crippen LogP contribution in [0.15, 0.2) is 29.2 Å². The Morgan fingerprint density at radius 2 is 2.05 bits per heavy atom. The number of sulfonamides is 1. The molecule has 1 aromatic rings. The maximum atomic E-state index is 12.2. The average Bonchev–Trinajstić information content (AvgIpc) is 2.47. The lowest BCUT2D eigenvalue weighted by atomic mass is 9.98. The Balaban J connectivity index is 1.96. The van der Waals surface area contributed by atoms with Gasteiger partial charge in [0.1, 0.15) is 0 Å². The van der Waals surface area contributed by atoms with Gasteiger partial charge in [-0.25, -0.2) is 13.1 Å². The zero-order valence-electron chi connectivity index (χ0n) is 11.9. The number of nitrogens with zero attached hydrogens (tertiary/aromatic N) is 1. The first-order valence-electron chi connectivity index (χ1n) is 6.98. The van der Waals surface area contributed by atoms with E-state index in [0.29, 0.717) is 23.9 Å². The van der Waals surface area contributed by atoms with Crippen LogP contribution in [0.5, 0.6) is 0 Å². The Hall–Kier alpha value is -0.950. The molecule has 112 valence electrons. The fraction of sp³-hybridized carbons (Fsp3) is 0.571. The molecule has 1 fully saturated rings. The second-order valence-corrected chi connectivity index (χ2v) is 7.22. The van der Waals surface area contributed by atoms with Gasteiger partial charge in [-0.15, -0.1) is 0 Å². The van der Waals surface area contributed by atoms with Crippen molar-refractivity contribution >= 4 is 10.0 Å². The van der Waals surface area contributed by atoms with Crippen LogP contribution in [0.1, 0.15) is 18.4 Å². The van der Waals surface area contributed by atoms with Crippen molar-refractivity contribution in [3.05, 3.63) is 29.8 Å². The highest BCUT2D eigenvalue weighted by Crippen LogP contribution is 2.16. The summed E-state index contributed by atoms with van der Waals surface area (Å²) >= 11 is 0. The van der Waals surface area contributed by atoms with Crippen molar-refractivity contribution in [3.8, 4) is 0 Å². The summed E-state index contributed by atoms with van der Waals surface area (Å²) in [6.07, 6.45) is 2.09. The van der Waals surface area contributed by atoms with E-state index in [9.17, 15) is 8.42 Å². The summed E-state index contributed by atoms with van der Waals surface area (Å²) in [5.74, 6) is 0.429. The number of likely N-dealkylation sites (tertiary alicyclic amines) is 1. The van der Waals surface area contributed by atoms with Crippen LogP contribution in [-0.4, -0.2) is 40.0 Å². The van der Waals surface area contributed by atoms with Crippen molar-refractivity contribution in [2.75, 3.05) is 26.7 Å². The average molecular weight is 297 g/mol. The summed E-state index contributed by atoms with van der Waals surface area (Å²) in [5.41, 5.74) is 6.37. The van der Waals surface area contributed by atoms with E-state index >= 15 is 0 Å². The number of nitrogens with one attached hydrogen (secondary N) is 1. The van der Waals surface area contributed by atoms with E-state index in [2.05, 4.69) is 16.7 Å². The van der Waals surface area contributed by atoms with Crippen molar-refractivity contribution in [2.24, 2.45) is 11.7 Å². The van der Waals surface area contributed by atoms with Crippen LogP contribution in [0.2, 0.25) is 0 Å². The van der Waals surface area contributed by atoms with Crippen LogP contribution in [0, 0.1) is 5.92 Å². The lowest BCUT2D eigenvalue weighted by molar-refractivity contribution is 0.220. The van der Waals surface area contributed by atoms with E-state index in [1.807, 2.05) is 6.07 Å². The molecule has 0 saturated carbocycles. The molecule has 20 heavy (non-hydrogen) atoms. The number of nitrogens with two attached hydrogens (primary N) is 1. The van der Waals surface area contributed by atoms with Gasteiger partial charge in [0, 0.05) is 13.1 Å². The van der Waals surface area contributed by atoms with Gasteiger partial charge in [0.2, 0.25) is 10.0 Å². The highest BCUT2D eigenvalue weighted by molar-refractivity contribution is 7.89. The summed E-state index contributed by atoms with van der Waals surface area (Å²) in [6, 6.07) is 6.80. The second kappa shape index (κ2) is 6.67. The Bertz CT molecular complexity index is 537. The molecule has 3 N–H and O–H groups in total. The Morgan fingerprint density at radius 1 is 1.35 bits per heavy atom. The lowest BCUT2D eigenvalue weighted by Crippen LogP contribution is -2.36. The molecule has 0 bridgehead atoms. The molecule has 6 heteroatoms. The Morgan fingerprint density at radius 3 is 2.70 bits per heavy atom. The van der Waals surface area contributed by atoms with Crippen molar-refractivity contribution < 1.29 is 8.42 Å². The van der Waals surface area contributed by atoms with E-state index in [1.165, 1.54) is 0 Å². The number of benzene rings is 1. The molecule has 2 rings (SSSR count). The van der Waals surface area contributed by atoms with Crippen LogP contribution in [0.4, 0.5) is 0 Å². The van der Waals surface area contributed by atoms with Crippen LogP contribution in [0.25, 0.3) is 0 Å². The largest absolute Gasteiger partial charge is 0.326 e. The molecule has 1 aliphatic rings.